The van der Waals surface area contributed by atoms with Gasteiger partial charge in [0.25, 0.3) is 5.91 Å². The first-order valence-corrected chi connectivity index (χ1v) is 11.2. The van der Waals surface area contributed by atoms with Gasteiger partial charge in [-0.05, 0) is 56.0 Å². The zero-order valence-electron chi connectivity index (χ0n) is 17.3. The molecule has 0 saturated carbocycles. The van der Waals surface area contributed by atoms with E-state index >= 15 is 0 Å². The molecule has 5 rings (SSSR count). The van der Waals surface area contributed by atoms with Crippen molar-refractivity contribution >= 4 is 40.5 Å². The summed E-state index contributed by atoms with van der Waals surface area (Å²) in [6.07, 6.45) is 2.04. The molecule has 32 heavy (non-hydrogen) atoms. The summed E-state index contributed by atoms with van der Waals surface area (Å²) in [7, 11) is 0. The number of rotatable bonds is 4. The summed E-state index contributed by atoms with van der Waals surface area (Å²) in [5.74, 6) is -1.53. The van der Waals surface area contributed by atoms with E-state index in [0.29, 0.717) is 27.3 Å². The molecule has 1 atom stereocenters. The number of hydrogen-bond donors (Lipinski definition) is 1. The van der Waals surface area contributed by atoms with Crippen molar-refractivity contribution in [3.63, 3.8) is 0 Å². The van der Waals surface area contributed by atoms with Crippen molar-refractivity contribution in [3.8, 4) is 0 Å². The quantitative estimate of drug-likeness (QED) is 0.476. The molecular formula is C25H19NO5S. The Morgan fingerprint density at radius 2 is 1.62 bits per heavy atom. The highest BCUT2D eigenvalue weighted by Crippen LogP contribution is 2.31. The molecule has 3 aromatic rings. The van der Waals surface area contributed by atoms with E-state index in [4.69, 9.17) is 4.74 Å². The number of ketones is 2. The summed E-state index contributed by atoms with van der Waals surface area (Å²) in [5.41, 5.74) is 2.81. The monoisotopic (exact) mass is 445 g/mol. The van der Waals surface area contributed by atoms with Gasteiger partial charge in [0.05, 0.1) is 0 Å². The van der Waals surface area contributed by atoms with Gasteiger partial charge in [-0.15, -0.1) is 11.3 Å². The number of esters is 1. The molecule has 1 amide bonds. The van der Waals surface area contributed by atoms with E-state index in [1.807, 2.05) is 6.07 Å². The van der Waals surface area contributed by atoms with E-state index < -0.39 is 18.0 Å². The highest BCUT2D eigenvalue weighted by molar-refractivity contribution is 7.14. The van der Waals surface area contributed by atoms with Gasteiger partial charge >= 0.3 is 5.97 Å². The predicted molar refractivity (Wildman–Crippen MR) is 120 cm³/mol. The molecule has 6 nitrogen and oxygen atoms in total. The number of carbonyl (C=O) groups is 4. The first-order chi connectivity index (χ1) is 15.4. The molecule has 1 unspecified atom stereocenters. The highest BCUT2D eigenvalue weighted by Gasteiger charge is 2.30. The fourth-order valence-corrected chi connectivity index (χ4v) is 5.26. The van der Waals surface area contributed by atoms with Gasteiger partial charge in [0.15, 0.2) is 17.7 Å². The Bertz CT molecular complexity index is 1280. The molecular weight excluding hydrogens is 426 g/mol. The molecule has 0 bridgehead atoms. The molecule has 7 heteroatoms. The van der Waals surface area contributed by atoms with Crippen molar-refractivity contribution in [1.82, 2.24) is 0 Å². The van der Waals surface area contributed by atoms with Gasteiger partial charge in [-0.3, -0.25) is 14.4 Å². The summed E-state index contributed by atoms with van der Waals surface area (Å²) in [5, 5.41) is 2.67. The minimum absolute atomic E-state index is 0.224. The van der Waals surface area contributed by atoms with Crippen molar-refractivity contribution in [2.45, 2.75) is 32.3 Å². The van der Waals surface area contributed by atoms with Crippen LogP contribution >= 0.6 is 11.3 Å². The van der Waals surface area contributed by atoms with Crippen LogP contribution in [0.25, 0.3) is 0 Å². The molecule has 160 valence electrons. The van der Waals surface area contributed by atoms with Crippen LogP contribution in [-0.4, -0.2) is 29.5 Å². The number of thiophene rings is 1. The minimum atomic E-state index is -1.02. The molecule has 0 fully saturated rings. The summed E-state index contributed by atoms with van der Waals surface area (Å²) in [4.78, 5) is 52.3. The fraction of sp³-hybridized carbons (Fsp3) is 0.200. The molecule has 1 heterocycles. The molecule has 1 N–H and O–H groups in total. The summed E-state index contributed by atoms with van der Waals surface area (Å²) < 4.78 is 5.34. The fourth-order valence-electron chi connectivity index (χ4n) is 4.12. The lowest BCUT2D eigenvalue weighted by atomic mass is 9.84. The van der Waals surface area contributed by atoms with Gasteiger partial charge in [-0.25, -0.2) is 4.79 Å². The molecule has 2 aromatic carbocycles. The number of hydrogen-bond acceptors (Lipinski definition) is 6. The third-order valence-corrected chi connectivity index (χ3v) is 7.01. The van der Waals surface area contributed by atoms with Crippen molar-refractivity contribution in [2.75, 3.05) is 5.32 Å². The van der Waals surface area contributed by atoms with Crippen LogP contribution < -0.4 is 5.32 Å². The Kier molecular flexibility index (Phi) is 4.98. The van der Waals surface area contributed by atoms with Crippen molar-refractivity contribution < 1.29 is 23.9 Å². The molecule has 0 saturated heterocycles. The van der Waals surface area contributed by atoms with Crippen LogP contribution in [0.1, 0.15) is 65.3 Å². The SMILES string of the molecule is CC(OC(=O)c1cc2c(s1)CCC2)C(=O)Nc1ccc2c(c1)C(=O)c1ccccc1C2=O. The van der Waals surface area contributed by atoms with E-state index in [2.05, 4.69) is 5.32 Å². The Morgan fingerprint density at radius 1 is 0.938 bits per heavy atom. The summed E-state index contributed by atoms with van der Waals surface area (Å²) >= 11 is 1.42. The predicted octanol–water partition coefficient (Wildman–Crippen LogP) is 4.20. The van der Waals surface area contributed by atoms with Gasteiger partial charge in [-0.2, -0.15) is 0 Å². The van der Waals surface area contributed by atoms with Crippen LogP contribution in [0.5, 0.6) is 0 Å². The summed E-state index contributed by atoms with van der Waals surface area (Å²) in [6.45, 7) is 1.50. The standard InChI is InChI=1S/C25H19NO5S/c1-13(31-25(30)21-11-14-5-4-8-20(14)32-21)24(29)26-15-9-10-18-19(12-15)23(28)17-7-3-2-6-16(17)22(18)27/h2-3,6-7,9-13H,4-5,8H2,1H3,(H,26,29). The molecule has 0 aliphatic heterocycles. The number of ether oxygens (including phenoxy) is 1. The van der Waals surface area contributed by atoms with Crippen LogP contribution in [-0.2, 0) is 22.4 Å². The Morgan fingerprint density at radius 3 is 2.34 bits per heavy atom. The lowest BCUT2D eigenvalue weighted by Crippen LogP contribution is -2.30. The first kappa shape index (κ1) is 20.3. The molecule has 0 spiro atoms. The number of nitrogens with one attached hydrogen (secondary N) is 1. The molecule has 2 aliphatic carbocycles. The van der Waals surface area contributed by atoms with E-state index in [9.17, 15) is 19.2 Å². The van der Waals surface area contributed by atoms with E-state index in [1.54, 1.807) is 30.3 Å². The van der Waals surface area contributed by atoms with Crippen molar-refractivity contribution in [3.05, 3.63) is 86.1 Å². The Balaban J connectivity index is 1.30. The number of aryl methyl sites for hydroxylation is 2. The second-order valence-electron chi connectivity index (χ2n) is 7.91. The number of fused-ring (bicyclic) bond motifs is 3. The second-order valence-corrected chi connectivity index (χ2v) is 9.05. The normalized spacial score (nSPS) is 14.9. The van der Waals surface area contributed by atoms with Crippen LogP contribution in [0.4, 0.5) is 5.69 Å². The second kappa shape index (κ2) is 7.84. The van der Waals surface area contributed by atoms with E-state index in [-0.39, 0.29) is 17.1 Å². The van der Waals surface area contributed by atoms with Crippen molar-refractivity contribution in [1.29, 1.82) is 0 Å². The van der Waals surface area contributed by atoms with Gasteiger partial charge in [0.1, 0.15) is 4.88 Å². The molecule has 0 radical (unpaired) electrons. The maximum Gasteiger partial charge on any atom is 0.349 e. The van der Waals surface area contributed by atoms with Crippen LogP contribution in [0.3, 0.4) is 0 Å². The Hall–Kier alpha value is -3.58. The zero-order chi connectivity index (χ0) is 22.4. The topological polar surface area (TPSA) is 89.5 Å². The average Bonchev–Trinajstić information content (AvgIpc) is 3.40. The average molecular weight is 445 g/mol. The smallest absolute Gasteiger partial charge is 0.349 e. The maximum absolute atomic E-state index is 12.9. The summed E-state index contributed by atoms with van der Waals surface area (Å²) in [6, 6.07) is 13.1. The van der Waals surface area contributed by atoms with Crippen molar-refractivity contribution in [2.24, 2.45) is 0 Å². The first-order valence-electron chi connectivity index (χ1n) is 10.4. The lowest BCUT2D eigenvalue weighted by Gasteiger charge is -2.19. The van der Waals surface area contributed by atoms with Gasteiger partial charge in [0, 0.05) is 32.8 Å². The van der Waals surface area contributed by atoms with E-state index in [0.717, 1.165) is 19.3 Å². The zero-order valence-corrected chi connectivity index (χ0v) is 18.1. The van der Waals surface area contributed by atoms with Crippen LogP contribution in [0.2, 0.25) is 0 Å². The van der Waals surface area contributed by atoms with Crippen LogP contribution in [0, 0.1) is 0 Å². The largest absolute Gasteiger partial charge is 0.448 e. The van der Waals surface area contributed by atoms with Gasteiger partial charge in [0.2, 0.25) is 0 Å². The number of carbonyl (C=O) groups excluding carboxylic acids is 4. The number of amides is 1. The minimum Gasteiger partial charge on any atom is -0.448 e. The highest BCUT2D eigenvalue weighted by atomic mass is 32.1. The lowest BCUT2D eigenvalue weighted by molar-refractivity contribution is -0.123. The number of benzene rings is 2. The molecule has 2 aliphatic rings. The number of anilines is 1. The maximum atomic E-state index is 12.9. The molecule has 1 aromatic heterocycles. The van der Waals surface area contributed by atoms with Gasteiger partial charge in [-0.1, -0.05) is 24.3 Å². The third-order valence-electron chi connectivity index (χ3n) is 5.79. The third kappa shape index (κ3) is 3.44. The Labute approximate surface area is 188 Å². The van der Waals surface area contributed by atoms with Gasteiger partial charge < -0.3 is 10.1 Å². The van der Waals surface area contributed by atoms with Crippen LogP contribution in [0.15, 0.2) is 48.5 Å². The van der Waals surface area contributed by atoms with E-state index in [1.165, 1.54) is 40.8 Å².